The predicted molar refractivity (Wildman–Crippen MR) is 29.8 cm³/mol. The minimum atomic E-state index is -6.51. The fourth-order valence-electron chi connectivity index (χ4n) is 0.482. The van der Waals surface area contributed by atoms with Crippen LogP contribution in [0, 0.1) is 0 Å². The molecule has 0 aromatic rings. The summed E-state index contributed by atoms with van der Waals surface area (Å²) in [6, 6.07) is 0. The Balaban J connectivity index is 5.54. The molecule has 0 unspecified atom stereocenters. The van der Waals surface area contributed by atoms with E-state index < -0.39 is 22.9 Å². The minimum Gasteiger partial charge on any atom is -0.169 e. The number of hydrogen-bond donors (Lipinski definition) is 0. The van der Waals surface area contributed by atoms with E-state index in [1.807, 2.05) is 0 Å². The first-order chi connectivity index (χ1) is 5.75. The molecular weight excluding hydrogens is 299 g/mol. The summed E-state index contributed by atoms with van der Waals surface area (Å²) in [5, 5.41) is 0. The second kappa shape index (κ2) is 3.17. The average molecular weight is 299 g/mol. The molecule has 14 heavy (non-hydrogen) atoms. The van der Waals surface area contributed by atoms with Gasteiger partial charge in [-0.3, -0.25) is 0 Å². The zero-order valence-electron chi connectivity index (χ0n) is 5.78. The Morgan fingerprint density at radius 2 is 0.643 bits per heavy atom. The van der Waals surface area contributed by atoms with E-state index in [1.54, 1.807) is 0 Å². The summed E-state index contributed by atoms with van der Waals surface area (Å²) in [5.41, 5.74) is 0. The zero-order chi connectivity index (χ0) is 12.0. The lowest BCUT2D eigenvalue weighted by Crippen LogP contribution is -2.61. The van der Waals surface area contributed by atoms with Crippen LogP contribution in [0.4, 0.5) is 39.5 Å². The molecule has 0 aromatic carbocycles. The van der Waals surface area contributed by atoms with Gasteiger partial charge in [-0.05, 0) is 0 Å². The highest BCUT2D eigenvalue weighted by Gasteiger charge is 2.82. The Morgan fingerprint density at radius 1 is 0.500 bits per heavy atom. The average Bonchev–Trinajstić information content (AvgIpc) is 1.77. The Bertz CT molecular complexity index is 170. The Morgan fingerprint density at radius 3 is 0.643 bits per heavy atom. The highest BCUT2D eigenvalue weighted by Crippen LogP contribution is 2.57. The third-order valence-electron chi connectivity index (χ3n) is 1.17. The van der Waals surface area contributed by atoms with Gasteiger partial charge in [0.2, 0.25) is 0 Å². The molecule has 0 bridgehead atoms. The number of rotatable bonds is 0. The molecule has 0 aliphatic carbocycles. The molecule has 0 spiro atoms. The maximum atomic E-state index is 11.6. The summed E-state index contributed by atoms with van der Waals surface area (Å²) in [4.78, 5) is 0. The summed E-state index contributed by atoms with van der Waals surface area (Å²) in [7, 11) is 0. The van der Waals surface area contributed by atoms with E-state index in [0.29, 0.717) is 15.9 Å². The number of alkyl halides is 10. The van der Waals surface area contributed by atoms with Crippen LogP contribution in [0.1, 0.15) is 0 Å². The molecule has 0 saturated heterocycles. The highest BCUT2D eigenvalue weighted by atomic mass is 79.9. The van der Waals surface area contributed by atoms with Crippen LogP contribution in [0.3, 0.4) is 0 Å². The van der Waals surface area contributed by atoms with Gasteiger partial charge in [0.25, 0.3) is 0 Å². The molecule has 0 amide bonds. The first kappa shape index (κ1) is 13.8. The van der Waals surface area contributed by atoms with E-state index in [0.717, 1.165) is 0 Å². The molecule has 0 heterocycles. The molecule has 0 rings (SSSR count). The maximum absolute atomic E-state index is 11.6. The molecule has 0 aliphatic rings. The largest absolute Gasteiger partial charge is 0.421 e. The SMILES string of the molecule is FC(F)(F)C(Br)(C(F)(F)F)C(F)(F)F. The Labute approximate surface area is 79.2 Å². The standard InChI is InChI=1S/C4BrF9/c5-1(2(6,7)8,3(9,10)11)4(12,13)14. The van der Waals surface area contributed by atoms with Gasteiger partial charge < -0.3 is 0 Å². The quantitative estimate of drug-likeness (QED) is 0.471. The van der Waals surface area contributed by atoms with Crippen LogP contribution in [-0.4, -0.2) is 22.9 Å². The fraction of sp³-hybridized carbons (Fsp3) is 1.00. The molecule has 0 saturated carbocycles. The maximum Gasteiger partial charge on any atom is 0.421 e. The van der Waals surface area contributed by atoms with E-state index in [1.165, 1.54) is 0 Å². The van der Waals surface area contributed by atoms with Crippen molar-refractivity contribution in [1.29, 1.82) is 0 Å². The van der Waals surface area contributed by atoms with Crippen LogP contribution in [0.5, 0.6) is 0 Å². The topological polar surface area (TPSA) is 0 Å². The molecule has 0 fully saturated rings. The van der Waals surface area contributed by atoms with Crippen molar-refractivity contribution in [1.82, 2.24) is 0 Å². The molecule has 0 aromatic heterocycles. The van der Waals surface area contributed by atoms with Crippen molar-refractivity contribution in [2.45, 2.75) is 22.9 Å². The minimum absolute atomic E-state index is 0.672. The molecule has 0 nitrogen and oxygen atoms in total. The second-order valence-electron chi connectivity index (χ2n) is 2.15. The molecule has 0 radical (unpaired) electrons. The van der Waals surface area contributed by atoms with Gasteiger partial charge in [-0.15, -0.1) is 0 Å². The molecular formula is C4BrF9. The summed E-state index contributed by atoms with van der Waals surface area (Å²) in [5.74, 6) is 0. The van der Waals surface area contributed by atoms with Gasteiger partial charge in [0.1, 0.15) is 0 Å². The van der Waals surface area contributed by atoms with Gasteiger partial charge in [-0.2, -0.15) is 39.5 Å². The Hall–Kier alpha value is -0.150. The molecule has 10 heteroatoms. The summed E-state index contributed by atoms with van der Waals surface area (Å²) in [6.07, 6.45) is -19.5. The van der Waals surface area contributed by atoms with Crippen molar-refractivity contribution in [2.24, 2.45) is 0 Å². The van der Waals surface area contributed by atoms with E-state index in [4.69, 9.17) is 0 Å². The van der Waals surface area contributed by atoms with Crippen molar-refractivity contribution in [2.75, 3.05) is 0 Å². The van der Waals surface area contributed by atoms with Crippen molar-refractivity contribution < 1.29 is 39.5 Å². The van der Waals surface area contributed by atoms with E-state index in [-0.39, 0.29) is 0 Å². The zero-order valence-corrected chi connectivity index (χ0v) is 7.37. The normalized spacial score (nSPS) is 15.9. The van der Waals surface area contributed by atoms with Crippen LogP contribution < -0.4 is 0 Å². The number of halogens is 10. The van der Waals surface area contributed by atoms with Crippen LogP contribution in [0.2, 0.25) is 0 Å². The van der Waals surface area contributed by atoms with Crippen molar-refractivity contribution in [3.63, 3.8) is 0 Å². The van der Waals surface area contributed by atoms with Crippen molar-refractivity contribution in [3.05, 3.63) is 0 Å². The smallest absolute Gasteiger partial charge is 0.169 e. The van der Waals surface area contributed by atoms with Crippen molar-refractivity contribution in [3.8, 4) is 0 Å². The fourth-order valence-corrected chi connectivity index (χ4v) is 0.482. The molecule has 86 valence electrons. The number of hydrogen-bond acceptors (Lipinski definition) is 0. The summed E-state index contributed by atoms with van der Waals surface area (Å²) < 4.78 is 98.6. The highest BCUT2D eigenvalue weighted by molar-refractivity contribution is 9.10. The third kappa shape index (κ3) is 1.94. The van der Waals surface area contributed by atoms with Gasteiger partial charge >= 0.3 is 22.9 Å². The van der Waals surface area contributed by atoms with Crippen LogP contribution in [0.15, 0.2) is 0 Å². The monoisotopic (exact) mass is 298 g/mol. The van der Waals surface area contributed by atoms with Gasteiger partial charge in [0.15, 0.2) is 0 Å². The molecule has 0 atom stereocenters. The first-order valence-electron chi connectivity index (χ1n) is 2.64. The lowest BCUT2D eigenvalue weighted by molar-refractivity contribution is -0.342. The molecule has 0 N–H and O–H groups in total. The van der Waals surface area contributed by atoms with Gasteiger partial charge in [-0.25, -0.2) is 0 Å². The third-order valence-corrected chi connectivity index (χ3v) is 2.52. The van der Waals surface area contributed by atoms with E-state index >= 15 is 0 Å². The van der Waals surface area contributed by atoms with Crippen LogP contribution in [-0.2, 0) is 0 Å². The summed E-state index contributed by atoms with van der Waals surface area (Å²) in [6.45, 7) is 0. The van der Waals surface area contributed by atoms with Crippen molar-refractivity contribution >= 4 is 15.9 Å². The Kier molecular flexibility index (Phi) is 3.14. The lowest BCUT2D eigenvalue weighted by Gasteiger charge is -2.33. The van der Waals surface area contributed by atoms with Gasteiger partial charge in [0, 0.05) is 0 Å². The first-order valence-corrected chi connectivity index (χ1v) is 3.43. The van der Waals surface area contributed by atoms with Gasteiger partial charge in [0.05, 0.1) is 0 Å². The lowest BCUT2D eigenvalue weighted by atomic mass is 10.1. The molecule has 0 aliphatic heterocycles. The summed E-state index contributed by atoms with van der Waals surface area (Å²) >= 11 is 0.672. The predicted octanol–water partition coefficient (Wildman–Crippen LogP) is 3.81. The van der Waals surface area contributed by atoms with Crippen LogP contribution in [0.25, 0.3) is 0 Å². The second-order valence-corrected chi connectivity index (χ2v) is 3.34. The van der Waals surface area contributed by atoms with E-state index in [9.17, 15) is 39.5 Å². The van der Waals surface area contributed by atoms with Gasteiger partial charge in [-0.1, -0.05) is 15.9 Å². The van der Waals surface area contributed by atoms with E-state index in [2.05, 4.69) is 0 Å². The van der Waals surface area contributed by atoms with Crippen LogP contribution >= 0.6 is 15.9 Å².